The fourth-order valence-corrected chi connectivity index (χ4v) is 2.58. The van der Waals surface area contributed by atoms with Crippen LogP contribution < -0.4 is 10.1 Å². The summed E-state index contributed by atoms with van der Waals surface area (Å²) in [4.78, 5) is 4.24. The van der Waals surface area contributed by atoms with Crippen molar-refractivity contribution in [2.75, 3.05) is 18.2 Å². The summed E-state index contributed by atoms with van der Waals surface area (Å²) < 4.78 is 34.3. The zero-order chi connectivity index (χ0) is 14.8. The number of nitrogens with one attached hydrogen (secondary N) is 1. The van der Waals surface area contributed by atoms with E-state index in [1.54, 1.807) is 26.1 Å². The molecule has 20 heavy (non-hydrogen) atoms. The standard InChI is InChI=1S/C13H16N2O4S/c1-4-20(16,17)10-5-6-12(18-3)11(7-10)15-13-14-8-9(2)19-13/h5-8H,4H2,1-3H3,(H,14,15). The molecule has 0 amide bonds. The Morgan fingerprint density at radius 1 is 1.40 bits per heavy atom. The molecule has 0 bridgehead atoms. The van der Waals surface area contributed by atoms with Crippen molar-refractivity contribution >= 4 is 21.5 Å². The highest BCUT2D eigenvalue weighted by molar-refractivity contribution is 7.91. The minimum atomic E-state index is -3.28. The average molecular weight is 296 g/mol. The molecule has 0 aliphatic heterocycles. The number of sulfone groups is 1. The lowest BCUT2D eigenvalue weighted by Gasteiger charge is -2.10. The largest absolute Gasteiger partial charge is 0.495 e. The summed E-state index contributed by atoms with van der Waals surface area (Å²) in [6.07, 6.45) is 1.57. The molecule has 0 radical (unpaired) electrons. The van der Waals surface area contributed by atoms with Gasteiger partial charge < -0.3 is 14.5 Å². The summed E-state index contributed by atoms with van der Waals surface area (Å²) in [5.74, 6) is 1.20. The summed E-state index contributed by atoms with van der Waals surface area (Å²) in [6, 6.07) is 4.91. The number of hydrogen-bond donors (Lipinski definition) is 1. The van der Waals surface area contributed by atoms with Crippen LogP contribution in [0.4, 0.5) is 11.7 Å². The maximum atomic E-state index is 11.9. The van der Waals surface area contributed by atoms with Gasteiger partial charge >= 0.3 is 0 Å². The highest BCUT2D eigenvalue weighted by Gasteiger charge is 2.15. The smallest absolute Gasteiger partial charge is 0.299 e. The summed E-state index contributed by atoms with van der Waals surface area (Å²) in [5.41, 5.74) is 0.490. The first-order valence-corrected chi connectivity index (χ1v) is 7.71. The number of benzene rings is 1. The second-order valence-corrected chi connectivity index (χ2v) is 6.44. The minimum Gasteiger partial charge on any atom is -0.495 e. The van der Waals surface area contributed by atoms with Crippen LogP contribution in [-0.2, 0) is 9.84 Å². The monoisotopic (exact) mass is 296 g/mol. The topological polar surface area (TPSA) is 81.4 Å². The first-order valence-electron chi connectivity index (χ1n) is 6.06. The Hall–Kier alpha value is -2.02. The Morgan fingerprint density at radius 3 is 2.70 bits per heavy atom. The Morgan fingerprint density at radius 2 is 2.15 bits per heavy atom. The Balaban J connectivity index is 2.42. The van der Waals surface area contributed by atoms with Crippen molar-refractivity contribution < 1.29 is 17.6 Å². The second kappa shape index (κ2) is 5.54. The van der Waals surface area contributed by atoms with Gasteiger partial charge in [-0.3, -0.25) is 0 Å². The van der Waals surface area contributed by atoms with Crippen molar-refractivity contribution in [2.24, 2.45) is 0 Å². The summed E-state index contributed by atoms with van der Waals surface area (Å²) >= 11 is 0. The summed E-state index contributed by atoms with van der Waals surface area (Å²) in [7, 11) is -1.77. The van der Waals surface area contributed by atoms with E-state index in [9.17, 15) is 8.42 Å². The van der Waals surface area contributed by atoms with Gasteiger partial charge in [0.2, 0.25) is 0 Å². The predicted molar refractivity (Wildman–Crippen MR) is 75.2 cm³/mol. The van der Waals surface area contributed by atoms with Gasteiger partial charge in [-0.2, -0.15) is 0 Å². The van der Waals surface area contributed by atoms with Crippen LogP contribution in [0.15, 0.2) is 33.7 Å². The van der Waals surface area contributed by atoms with Crippen LogP contribution >= 0.6 is 0 Å². The molecule has 0 saturated heterocycles. The molecule has 2 aromatic rings. The lowest BCUT2D eigenvalue weighted by Crippen LogP contribution is -2.05. The molecule has 6 nitrogen and oxygen atoms in total. The Kier molecular flexibility index (Phi) is 3.99. The van der Waals surface area contributed by atoms with E-state index < -0.39 is 9.84 Å². The first-order chi connectivity index (χ1) is 9.46. The number of oxazole rings is 1. The quantitative estimate of drug-likeness (QED) is 0.913. The van der Waals surface area contributed by atoms with Crippen LogP contribution in [-0.4, -0.2) is 26.3 Å². The molecule has 1 aromatic heterocycles. The van der Waals surface area contributed by atoms with Gasteiger partial charge in [-0.25, -0.2) is 13.4 Å². The molecule has 0 fully saturated rings. The van der Waals surface area contributed by atoms with E-state index in [-0.39, 0.29) is 16.7 Å². The number of ether oxygens (including phenoxy) is 1. The zero-order valence-electron chi connectivity index (χ0n) is 11.5. The third-order valence-electron chi connectivity index (χ3n) is 2.77. The van der Waals surface area contributed by atoms with E-state index in [0.717, 1.165) is 0 Å². The molecular formula is C13H16N2O4S. The van der Waals surface area contributed by atoms with Crippen molar-refractivity contribution in [3.8, 4) is 5.75 Å². The van der Waals surface area contributed by atoms with Gasteiger partial charge in [-0.05, 0) is 25.1 Å². The number of methoxy groups -OCH3 is 1. The van der Waals surface area contributed by atoms with E-state index in [1.807, 2.05) is 0 Å². The molecule has 1 N–H and O–H groups in total. The molecule has 2 rings (SSSR count). The van der Waals surface area contributed by atoms with Gasteiger partial charge in [0.25, 0.3) is 6.01 Å². The van der Waals surface area contributed by atoms with Gasteiger partial charge in [-0.1, -0.05) is 6.92 Å². The van der Waals surface area contributed by atoms with Crippen molar-refractivity contribution in [3.05, 3.63) is 30.2 Å². The van der Waals surface area contributed by atoms with Gasteiger partial charge in [0.05, 0.1) is 29.6 Å². The Labute approximate surface area is 117 Å². The summed E-state index contributed by atoms with van der Waals surface area (Å²) in [6.45, 7) is 3.37. The van der Waals surface area contributed by atoms with Gasteiger partial charge in [-0.15, -0.1) is 0 Å². The fourth-order valence-electron chi connectivity index (χ4n) is 1.67. The normalized spacial score (nSPS) is 11.3. The lowest BCUT2D eigenvalue weighted by atomic mass is 10.3. The molecular weight excluding hydrogens is 280 g/mol. The van der Waals surface area contributed by atoms with Crippen LogP contribution in [0.5, 0.6) is 5.75 Å². The molecule has 0 aliphatic carbocycles. The van der Waals surface area contributed by atoms with Crippen LogP contribution in [0.25, 0.3) is 0 Å². The number of nitrogens with zero attached hydrogens (tertiary/aromatic N) is 1. The van der Waals surface area contributed by atoms with E-state index >= 15 is 0 Å². The third-order valence-corrected chi connectivity index (χ3v) is 4.51. The van der Waals surface area contributed by atoms with E-state index in [2.05, 4.69) is 10.3 Å². The van der Waals surface area contributed by atoms with Crippen LogP contribution in [0.2, 0.25) is 0 Å². The van der Waals surface area contributed by atoms with Crippen LogP contribution in [0.3, 0.4) is 0 Å². The molecule has 0 aliphatic rings. The predicted octanol–water partition coefficient (Wildman–Crippen LogP) is 2.53. The molecule has 0 saturated carbocycles. The van der Waals surface area contributed by atoms with Crippen molar-refractivity contribution in [3.63, 3.8) is 0 Å². The van der Waals surface area contributed by atoms with E-state index in [1.165, 1.54) is 19.2 Å². The minimum absolute atomic E-state index is 0.0386. The van der Waals surface area contributed by atoms with Gasteiger partial charge in [0.1, 0.15) is 11.5 Å². The molecule has 0 spiro atoms. The van der Waals surface area contributed by atoms with Crippen LogP contribution in [0, 0.1) is 6.92 Å². The fraction of sp³-hybridized carbons (Fsp3) is 0.308. The maximum absolute atomic E-state index is 11.9. The maximum Gasteiger partial charge on any atom is 0.299 e. The molecule has 1 heterocycles. The molecule has 7 heteroatoms. The number of hydrogen-bond acceptors (Lipinski definition) is 6. The number of rotatable bonds is 5. The zero-order valence-corrected chi connectivity index (χ0v) is 12.3. The van der Waals surface area contributed by atoms with Crippen LogP contribution in [0.1, 0.15) is 12.7 Å². The first kappa shape index (κ1) is 14.4. The van der Waals surface area contributed by atoms with Crippen molar-refractivity contribution in [1.29, 1.82) is 0 Å². The molecule has 1 aromatic carbocycles. The second-order valence-electron chi connectivity index (χ2n) is 4.17. The highest BCUT2D eigenvalue weighted by atomic mass is 32.2. The highest BCUT2D eigenvalue weighted by Crippen LogP contribution is 2.30. The van der Waals surface area contributed by atoms with E-state index in [4.69, 9.17) is 9.15 Å². The summed E-state index contributed by atoms with van der Waals surface area (Å²) in [5, 5.41) is 2.91. The van der Waals surface area contributed by atoms with Crippen molar-refractivity contribution in [1.82, 2.24) is 4.98 Å². The molecule has 0 unspecified atom stereocenters. The SMILES string of the molecule is CCS(=O)(=O)c1ccc(OC)c(Nc2ncc(C)o2)c1. The van der Waals surface area contributed by atoms with Crippen molar-refractivity contribution in [2.45, 2.75) is 18.7 Å². The van der Waals surface area contributed by atoms with Gasteiger partial charge in [0, 0.05) is 0 Å². The van der Waals surface area contributed by atoms with Gasteiger partial charge in [0.15, 0.2) is 9.84 Å². The van der Waals surface area contributed by atoms with E-state index in [0.29, 0.717) is 17.2 Å². The number of anilines is 2. The third kappa shape index (κ3) is 2.93. The molecule has 108 valence electrons. The lowest BCUT2D eigenvalue weighted by molar-refractivity contribution is 0.416. The number of aromatic nitrogens is 1. The Bertz CT molecular complexity index is 707. The average Bonchev–Trinajstić information content (AvgIpc) is 2.84. The number of aryl methyl sites for hydroxylation is 1. The molecule has 0 atom stereocenters.